The van der Waals surface area contributed by atoms with Crippen molar-refractivity contribution in [2.75, 3.05) is 19.5 Å². The molecule has 0 aliphatic rings. The van der Waals surface area contributed by atoms with E-state index in [-0.39, 0.29) is 5.91 Å². The van der Waals surface area contributed by atoms with E-state index in [0.717, 1.165) is 15.8 Å². The van der Waals surface area contributed by atoms with Gasteiger partial charge in [0.2, 0.25) is 0 Å². The van der Waals surface area contributed by atoms with E-state index >= 15 is 0 Å². The first-order chi connectivity index (χ1) is 12.0. The van der Waals surface area contributed by atoms with Crippen LogP contribution in [-0.2, 0) is 4.89 Å². The molecule has 130 valence electrons. The van der Waals surface area contributed by atoms with Gasteiger partial charge in [-0.1, -0.05) is 22.9 Å². The van der Waals surface area contributed by atoms with Crippen LogP contribution in [0.1, 0.15) is 15.9 Å². The van der Waals surface area contributed by atoms with E-state index in [2.05, 4.69) is 15.2 Å². The standard InChI is InChI=1S/C17H15ClN2O4S/c1-9-6-10(18)7-12(15(9)22-2)16(21)20-17-19-13-5-4-11(24-23-3)8-14(13)25-17/h4-8H,1-3H3,(H,19,20,21). The van der Waals surface area contributed by atoms with Gasteiger partial charge in [0.1, 0.15) is 5.75 Å². The van der Waals surface area contributed by atoms with Gasteiger partial charge in [0, 0.05) is 11.1 Å². The second kappa shape index (κ2) is 7.26. The number of hydrogen-bond donors (Lipinski definition) is 1. The van der Waals surface area contributed by atoms with Crippen molar-refractivity contribution in [1.29, 1.82) is 0 Å². The van der Waals surface area contributed by atoms with E-state index in [1.165, 1.54) is 25.6 Å². The van der Waals surface area contributed by atoms with Crippen molar-refractivity contribution in [2.24, 2.45) is 0 Å². The number of thiazole rings is 1. The van der Waals surface area contributed by atoms with Crippen LogP contribution in [0.4, 0.5) is 5.13 Å². The van der Waals surface area contributed by atoms with Crippen LogP contribution in [0.2, 0.25) is 5.02 Å². The van der Waals surface area contributed by atoms with Crippen molar-refractivity contribution in [2.45, 2.75) is 6.92 Å². The molecule has 2 aromatic carbocycles. The highest BCUT2D eigenvalue weighted by Gasteiger charge is 2.17. The van der Waals surface area contributed by atoms with Gasteiger partial charge in [-0.3, -0.25) is 10.1 Å². The van der Waals surface area contributed by atoms with E-state index in [1.807, 2.05) is 6.92 Å². The zero-order valence-corrected chi connectivity index (χ0v) is 15.3. The van der Waals surface area contributed by atoms with E-state index in [9.17, 15) is 4.79 Å². The lowest BCUT2D eigenvalue weighted by Gasteiger charge is -2.11. The summed E-state index contributed by atoms with van der Waals surface area (Å²) in [6.07, 6.45) is 0. The van der Waals surface area contributed by atoms with Crippen molar-refractivity contribution >= 4 is 44.2 Å². The second-order valence-corrected chi connectivity index (χ2v) is 6.62. The lowest BCUT2D eigenvalue weighted by atomic mass is 10.1. The number of halogens is 1. The van der Waals surface area contributed by atoms with Crippen LogP contribution in [0.15, 0.2) is 30.3 Å². The molecule has 3 rings (SSSR count). The summed E-state index contributed by atoms with van der Waals surface area (Å²) in [5.41, 5.74) is 1.89. The number of hydrogen-bond acceptors (Lipinski definition) is 6. The Morgan fingerprint density at radius 3 is 2.76 bits per heavy atom. The molecule has 0 aliphatic carbocycles. The Bertz CT molecular complexity index is 942. The Morgan fingerprint density at radius 1 is 1.24 bits per heavy atom. The number of nitrogens with zero attached hydrogens (tertiary/aromatic N) is 1. The molecule has 3 aromatic rings. The number of fused-ring (bicyclic) bond motifs is 1. The molecule has 0 spiro atoms. The average molecular weight is 379 g/mol. The third-order valence-electron chi connectivity index (χ3n) is 3.45. The van der Waals surface area contributed by atoms with Gasteiger partial charge in [0.05, 0.1) is 30.0 Å². The van der Waals surface area contributed by atoms with Gasteiger partial charge in [-0.25, -0.2) is 4.98 Å². The van der Waals surface area contributed by atoms with E-state index in [0.29, 0.717) is 27.2 Å². The summed E-state index contributed by atoms with van der Waals surface area (Å²) < 4.78 is 6.18. The SMILES string of the molecule is COOc1ccc2nc(NC(=O)c3cc(Cl)cc(C)c3OC)sc2c1. The first-order valence-corrected chi connectivity index (χ1v) is 8.48. The molecule has 0 saturated heterocycles. The number of methoxy groups -OCH3 is 1. The minimum atomic E-state index is -0.338. The molecule has 0 atom stereocenters. The van der Waals surface area contributed by atoms with Gasteiger partial charge >= 0.3 is 0 Å². The molecule has 1 heterocycles. The van der Waals surface area contributed by atoms with E-state index < -0.39 is 0 Å². The molecule has 0 fully saturated rings. The minimum Gasteiger partial charge on any atom is -0.496 e. The predicted molar refractivity (Wildman–Crippen MR) is 98.0 cm³/mol. The summed E-state index contributed by atoms with van der Waals surface area (Å²) in [4.78, 5) is 26.6. The number of carbonyl (C=O) groups is 1. The summed E-state index contributed by atoms with van der Waals surface area (Å²) in [6.45, 7) is 1.83. The zero-order valence-electron chi connectivity index (χ0n) is 13.8. The number of benzene rings is 2. The highest BCUT2D eigenvalue weighted by Crippen LogP contribution is 2.31. The van der Waals surface area contributed by atoms with Gasteiger partial charge in [-0.15, -0.1) is 0 Å². The van der Waals surface area contributed by atoms with Crippen LogP contribution in [0.25, 0.3) is 10.2 Å². The van der Waals surface area contributed by atoms with E-state index in [4.69, 9.17) is 21.2 Å². The first kappa shape index (κ1) is 17.5. The highest BCUT2D eigenvalue weighted by molar-refractivity contribution is 7.22. The maximum absolute atomic E-state index is 12.6. The fraction of sp³-hybridized carbons (Fsp3) is 0.176. The Hall–Kier alpha value is -2.35. The molecule has 1 amide bonds. The molecule has 1 aromatic heterocycles. The number of anilines is 1. The number of carbonyl (C=O) groups excluding carboxylic acids is 1. The summed E-state index contributed by atoms with van der Waals surface area (Å²) >= 11 is 7.39. The molecular formula is C17H15ClN2O4S. The van der Waals surface area contributed by atoms with Crippen LogP contribution in [0, 0.1) is 6.92 Å². The zero-order chi connectivity index (χ0) is 18.0. The lowest BCUT2D eigenvalue weighted by Crippen LogP contribution is -2.13. The van der Waals surface area contributed by atoms with Crippen molar-refractivity contribution in [3.8, 4) is 11.5 Å². The Balaban J connectivity index is 1.89. The Morgan fingerprint density at radius 2 is 2.04 bits per heavy atom. The number of amides is 1. The lowest BCUT2D eigenvalue weighted by molar-refractivity contribution is -0.178. The number of rotatable bonds is 5. The minimum absolute atomic E-state index is 0.338. The van der Waals surface area contributed by atoms with Gasteiger partial charge in [0.15, 0.2) is 10.9 Å². The molecule has 1 N–H and O–H groups in total. The molecule has 0 radical (unpaired) electrons. The highest BCUT2D eigenvalue weighted by atomic mass is 35.5. The molecular weight excluding hydrogens is 364 g/mol. The summed E-state index contributed by atoms with van der Waals surface area (Å²) in [5.74, 6) is 0.706. The molecule has 0 unspecified atom stereocenters. The normalized spacial score (nSPS) is 10.7. The molecule has 6 nitrogen and oxygen atoms in total. The van der Waals surface area contributed by atoms with E-state index in [1.54, 1.807) is 30.3 Å². The summed E-state index contributed by atoms with van der Waals surface area (Å²) in [5, 5.41) is 3.72. The topological polar surface area (TPSA) is 69.7 Å². The van der Waals surface area contributed by atoms with Crippen molar-refractivity contribution in [3.05, 3.63) is 46.5 Å². The van der Waals surface area contributed by atoms with Crippen LogP contribution >= 0.6 is 22.9 Å². The molecule has 0 saturated carbocycles. The number of nitrogens with one attached hydrogen (secondary N) is 1. The first-order valence-electron chi connectivity index (χ1n) is 7.28. The van der Waals surface area contributed by atoms with Crippen LogP contribution in [-0.4, -0.2) is 25.1 Å². The fourth-order valence-electron chi connectivity index (χ4n) is 2.44. The summed E-state index contributed by atoms with van der Waals surface area (Å²) in [7, 11) is 2.95. The van der Waals surface area contributed by atoms with Crippen molar-refractivity contribution < 1.29 is 19.3 Å². The molecule has 25 heavy (non-hydrogen) atoms. The quantitative estimate of drug-likeness (QED) is 0.524. The van der Waals surface area contributed by atoms with Crippen LogP contribution in [0.3, 0.4) is 0 Å². The number of aryl methyl sites for hydroxylation is 1. The third kappa shape index (κ3) is 3.68. The largest absolute Gasteiger partial charge is 0.496 e. The maximum Gasteiger partial charge on any atom is 0.261 e. The van der Waals surface area contributed by atoms with Crippen molar-refractivity contribution in [1.82, 2.24) is 4.98 Å². The summed E-state index contributed by atoms with van der Waals surface area (Å²) in [6, 6.07) is 8.63. The predicted octanol–water partition coefficient (Wildman–Crippen LogP) is 4.46. The average Bonchev–Trinajstić information content (AvgIpc) is 2.96. The molecule has 0 aliphatic heterocycles. The number of aromatic nitrogens is 1. The van der Waals surface area contributed by atoms with Crippen LogP contribution in [0.5, 0.6) is 11.5 Å². The Kier molecular flexibility index (Phi) is 5.08. The third-order valence-corrected chi connectivity index (χ3v) is 4.60. The second-order valence-electron chi connectivity index (χ2n) is 5.16. The Labute approximate surface area is 153 Å². The van der Waals surface area contributed by atoms with Gasteiger partial charge < -0.3 is 9.62 Å². The number of ether oxygens (including phenoxy) is 1. The fourth-order valence-corrected chi connectivity index (χ4v) is 3.60. The van der Waals surface area contributed by atoms with Gasteiger partial charge in [-0.05, 0) is 36.8 Å². The maximum atomic E-state index is 12.6. The smallest absolute Gasteiger partial charge is 0.261 e. The van der Waals surface area contributed by atoms with Gasteiger partial charge in [0.25, 0.3) is 5.91 Å². The molecule has 8 heteroatoms. The van der Waals surface area contributed by atoms with Gasteiger partial charge in [-0.2, -0.15) is 4.89 Å². The van der Waals surface area contributed by atoms with Crippen LogP contribution < -0.4 is 14.9 Å². The van der Waals surface area contributed by atoms with Crippen molar-refractivity contribution in [3.63, 3.8) is 0 Å². The molecule has 0 bridgehead atoms. The monoisotopic (exact) mass is 378 g/mol.